The number of nitrogens with one attached hydrogen (secondary N) is 1. The van der Waals surface area contributed by atoms with Crippen LogP contribution in [-0.4, -0.2) is 15.7 Å². The van der Waals surface area contributed by atoms with Crippen LogP contribution in [0.25, 0.3) is 5.69 Å². The average Bonchev–Trinajstić information content (AvgIpc) is 3.09. The molecule has 3 aromatic carbocycles. The van der Waals surface area contributed by atoms with Gasteiger partial charge in [-0.05, 0) is 55.8 Å². The highest BCUT2D eigenvalue weighted by molar-refractivity contribution is 5.90. The lowest BCUT2D eigenvalue weighted by Crippen LogP contribution is -2.12. The summed E-state index contributed by atoms with van der Waals surface area (Å²) in [5, 5.41) is 7.25. The van der Waals surface area contributed by atoms with E-state index in [2.05, 4.69) is 10.4 Å². The van der Waals surface area contributed by atoms with E-state index in [1.165, 1.54) is 30.3 Å². The molecule has 4 rings (SSSR count). The zero-order chi connectivity index (χ0) is 22.5. The van der Waals surface area contributed by atoms with Crippen LogP contribution in [0.1, 0.15) is 17.7 Å². The molecular weight excluding hydrogens is 412 g/mol. The van der Waals surface area contributed by atoms with Crippen LogP contribution < -0.4 is 10.1 Å². The van der Waals surface area contributed by atoms with Gasteiger partial charge >= 0.3 is 0 Å². The highest BCUT2D eigenvalue weighted by Gasteiger charge is 2.21. The van der Waals surface area contributed by atoms with Crippen molar-refractivity contribution in [1.82, 2.24) is 9.78 Å². The number of hydrogen-bond acceptors (Lipinski definition) is 3. The number of nitrogens with zero attached hydrogens (tertiary/aromatic N) is 2. The van der Waals surface area contributed by atoms with E-state index in [1.54, 1.807) is 22.9 Å². The molecule has 0 radical (unpaired) electrons. The predicted molar refractivity (Wildman–Crippen MR) is 118 cm³/mol. The summed E-state index contributed by atoms with van der Waals surface area (Å²) in [6.45, 7) is 1.81. The first-order chi connectivity index (χ1) is 15.5. The van der Waals surface area contributed by atoms with Crippen molar-refractivity contribution in [2.75, 3.05) is 5.32 Å². The maximum absolute atomic E-state index is 14.3. The fraction of sp³-hybridized carbons (Fsp3) is 0.120. The third kappa shape index (κ3) is 4.83. The second-order valence-electron chi connectivity index (χ2n) is 7.21. The third-order valence-electron chi connectivity index (χ3n) is 4.89. The minimum Gasteiger partial charge on any atom is -0.436 e. The van der Waals surface area contributed by atoms with E-state index in [-0.39, 0.29) is 18.1 Å². The van der Waals surface area contributed by atoms with E-state index in [0.29, 0.717) is 29.2 Å². The van der Waals surface area contributed by atoms with Crippen molar-refractivity contribution in [2.45, 2.75) is 19.8 Å². The molecule has 5 nitrogen and oxygen atoms in total. The maximum atomic E-state index is 14.3. The number of carbonyl (C=O) groups excluding carboxylic acids is 1. The molecule has 1 aromatic heterocycles. The van der Waals surface area contributed by atoms with E-state index < -0.39 is 11.6 Å². The SMILES string of the molecule is Cc1nn(-c2ccccc2)c(Oc2ccccc2F)c1CCC(=O)Nc1cccc(F)c1. The van der Waals surface area contributed by atoms with E-state index >= 15 is 0 Å². The summed E-state index contributed by atoms with van der Waals surface area (Å²) >= 11 is 0. The Bertz CT molecular complexity index is 1240. The number of halogens is 2. The number of aromatic nitrogens is 2. The van der Waals surface area contributed by atoms with Gasteiger partial charge in [0.15, 0.2) is 11.6 Å². The lowest BCUT2D eigenvalue weighted by Gasteiger charge is -2.12. The molecular formula is C25H21F2N3O2. The van der Waals surface area contributed by atoms with Gasteiger partial charge in [-0.3, -0.25) is 4.79 Å². The first-order valence-electron chi connectivity index (χ1n) is 10.1. The van der Waals surface area contributed by atoms with Crippen LogP contribution in [-0.2, 0) is 11.2 Å². The van der Waals surface area contributed by atoms with Crippen molar-refractivity contribution < 1.29 is 18.3 Å². The Morgan fingerprint density at radius 3 is 2.50 bits per heavy atom. The molecule has 0 aliphatic carbocycles. The van der Waals surface area contributed by atoms with Gasteiger partial charge in [0.05, 0.1) is 11.4 Å². The van der Waals surface area contributed by atoms with Crippen LogP contribution >= 0.6 is 0 Å². The highest BCUT2D eigenvalue weighted by atomic mass is 19.1. The van der Waals surface area contributed by atoms with E-state index in [9.17, 15) is 13.6 Å². The molecule has 0 aliphatic rings. The minimum absolute atomic E-state index is 0.0649. The van der Waals surface area contributed by atoms with Crippen LogP contribution in [0.15, 0.2) is 78.9 Å². The normalized spacial score (nSPS) is 10.7. The standard InChI is InChI=1S/C25H21F2N3O2/c1-17-21(14-15-24(31)28-19-9-7-8-18(26)16-19)25(32-23-13-6-5-12-22(23)27)30(29-17)20-10-3-2-4-11-20/h2-13,16H,14-15H2,1H3,(H,28,31). The number of amides is 1. The summed E-state index contributed by atoms with van der Waals surface area (Å²) in [6, 6.07) is 21.2. The van der Waals surface area contributed by atoms with Gasteiger partial charge in [-0.25, -0.2) is 13.5 Å². The summed E-state index contributed by atoms with van der Waals surface area (Å²) in [5.41, 5.74) is 2.48. The van der Waals surface area contributed by atoms with Crippen LogP contribution in [0.2, 0.25) is 0 Å². The lowest BCUT2D eigenvalue weighted by atomic mass is 10.1. The van der Waals surface area contributed by atoms with E-state index in [1.807, 2.05) is 37.3 Å². The molecule has 0 spiro atoms. The molecule has 0 fully saturated rings. The summed E-state index contributed by atoms with van der Waals surface area (Å²) in [4.78, 5) is 12.4. The second-order valence-corrected chi connectivity index (χ2v) is 7.21. The molecule has 0 saturated heterocycles. The number of ether oxygens (including phenoxy) is 1. The number of benzene rings is 3. The van der Waals surface area contributed by atoms with Gasteiger partial charge in [-0.2, -0.15) is 5.10 Å². The Hall–Kier alpha value is -4.00. The second kappa shape index (κ2) is 9.43. The molecule has 0 aliphatic heterocycles. The van der Waals surface area contributed by atoms with Gasteiger partial charge in [-0.15, -0.1) is 0 Å². The topological polar surface area (TPSA) is 56.2 Å². The molecule has 7 heteroatoms. The van der Waals surface area contributed by atoms with Gasteiger partial charge < -0.3 is 10.1 Å². The van der Waals surface area contributed by atoms with Crippen LogP contribution in [0.3, 0.4) is 0 Å². The highest BCUT2D eigenvalue weighted by Crippen LogP contribution is 2.32. The fourth-order valence-electron chi connectivity index (χ4n) is 3.34. The Labute approximate surface area is 184 Å². The largest absolute Gasteiger partial charge is 0.436 e. The smallest absolute Gasteiger partial charge is 0.226 e. The number of para-hydroxylation sites is 2. The van der Waals surface area contributed by atoms with E-state index in [4.69, 9.17) is 4.74 Å². The summed E-state index contributed by atoms with van der Waals surface area (Å²) in [6.07, 6.45) is 0.426. The molecule has 1 heterocycles. The van der Waals surface area contributed by atoms with Gasteiger partial charge in [-0.1, -0.05) is 36.4 Å². The molecule has 32 heavy (non-hydrogen) atoms. The quantitative estimate of drug-likeness (QED) is 0.399. The first-order valence-corrected chi connectivity index (χ1v) is 10.1. The molecule has 1 N–H and O–H groups in total. The third-order valence-corrected chi connectivity index (χ3v) is 4.89. The van der Waals surface area contributed by atoms with Gasteiger partial charge in [0.2, 0.25) is 11.8 Å². The van der Waals surface area contributed by atoms with Gasteiger partial charge in [0.1, 0.15) is 5.82 Å². The Kier molecular flexibility index (Phi) is 6.26. The molecule has 0 saturated carbocycles. The fourth-order valence-corrected chi connectivity index (χ4v) is 3.34. The molecule has 0 unspecified atom stereocenters. The lowest BCUT2D eigenvalue weighted by molar-refractivity contribution is -0.116. The van der Waals surface area contributed by atoms with Crippen LogP contribution in [0.5, 0.6) is 11.6 Å². The summed E-state index contributed by atoms with van der Waals surface area (Å²) in [5.74, 6) is -0.796. The first kappa shape index (κ1) is 21.2. The molecule has 1 amide bonds. The molecule has 162 valence electrons. The maximum Gasteiger partial charge on any atom is 0.226 e. The molecule has 4 aromatic rings. The van der Waals surface area contributed by atoms with Crippen LogP contribution in [0, 0.1) is 18.6 Å². The zero-order valence-corrected chi connectivity index (χ0v) is 17.4. The van der Waals surface area contributed by atoms with Crippen molar-refractivity contribution in [3.8, 4) is 17.3 Å². The van der Waals surface area contributed by atoms with Crippen molar-refractivity contribution in [1.29, 1.82) is 0 Å². The molecule has 0 bridgehead atoms. The Balaban J connectivity index is 1.61. The number of aryl methyl sites for hydroxylation is 1. The summed E-state index contributed by atoms with van der Waals surface area (Å²) in [7, 11) is 0. The van der Waals surface area contributed by atoms with E-state index in [0.717, 1.165) is 5.69 Å². The van der Waals surface area contributed by atoms with Gasteiger partial charge in [0.25, 0.3) is 0 Å². The van der Waals surface area contributed by atoms with Crippen molar-refractivity contribution >= 4 is 11.6 Å². The van der Waals surface area contributed by atoms with Crippen molar-refractivity contribution in [3.05, 3.63) is 102 Å². The monoisotopic (exact) mass is 433 g/mol. The zero-order valence-electron chi connectivity index (χ0n) is 17.4. The van der Waals surface area contributed by atoms with Crippen LogP contribution in [0.4, 0.5) is 14.5 Å². The Morgan fingerprint density at radius 1 is 1.00 bits per heavy atom. The average molecular weight is 433 g/mol. The number of hydrogen-bond donors (Lipinski definition) is 1. The predicted octanol–water partition coefficient (Wildman–Crippen LogP) is 5.82. The van der Waals surface area contributed by atoms with Crippen molar-refractivity contribution in [2.24, 2.45) is 0 Å². The molecule has 0 atom stereocenters. The number of rotatable bonds is 7. The Morgan fingerprint density at radius 2 is 1.75 bits per heavy atom. The van der Waals surface area contributed by atoms with Gasteiger partial charge in [0, 0.05) is 17.7 Å². The summed E-state index contributed by atoms with van der Waals surface area (Å²) < 4.78 is 35.2. The number of anilines is 1. The minimum atomic E-state index is -0.499. The number of carbonyl (C=O) groups is 1. The van der Waals surface area contributed by atoms with Crippen molar-refractivity contribution in [3.63, 3.8) is 0 Å².